The second kappa shape index (κ2) is 24.6. The van der Waals surface area contributed by atoms with Crippen LogP contribution >= 0.6 is 0 Å². The van der Waals surface area contributed by atoms with Crippen LogP contribution in [0, 0.1) is 19.8 Å². The van der Waals surface area contributed by atoms with Crippen molar-refractivity contribution in [3.05, 3.63) is 168 Å². The molecule has 0 spiro atoms. The number of rotatable bonds is 5. The fraction of sp³-hybridized carbons (Fsp3) is 0.243. The van der Waals surface area contributed by atoms with Crippen LogP contribution in [0.5, 0.6) is 0 Å². The molecule has 0 aromatic heterocycles. The molecule has 2 heteroatoms. The van der Waals surface area contributed by atoms with Gasteiger partial charge in [0, 0.05) is 7.11 Å². The van der Waals surface area contributed by atoms with Gasteiger partial charge in [0.1, 0.15) is 0 Å². The largest absolute Gasteiger partial charge is 0.400 e. The molecular formula is C37H49NO. The Kier molecular flexibility index (Phi) is 22.3. The van der Waals surface area contributed by atoms with Crippen molar-refractivity contribution in [3.63, 3.8) is 0 Å². The summed E-state index contributed by atoms with van der Waals surface area (Å²) in [4.78, 5) is 0. The molecule has 2 nitrogen and oxygen atoms in total. The first-order chi connectivity index (χ1) is 19.1. The Morgan fingerprint density at radius 3 is 1.72 bits per heavy atom. The molecule has 0 aliphatic heterocycles. The summed E-state index contributed by atoms with van der Waals surface area (Å²) >= 11 is 0. The Morgan fingerprint density at radius 2 is 1.28 bits per heavy atom. The maximum absolute atomic E-state index is 7.00. The highest BCUT2D eigenvalue weighted by Crippen LogP contribution is 2.28. The van der Waals surface area contributed by atoms with Gasteiger partial charge in [0.15, 0.2) is 0 Å². The Bertz CT molecular complexity index is 1060. The molecule has 208 valence electrons. The predicted molar refractivity (Wildman–Crippen MR) is 174 cm³/mol. The smallest absolute Gasteiger partial charge is 0.0319 e. The van der Waals surface area contributed by atoms with E-state index in [-0.39, 0.29) is 0 Å². The van der Waals surface area contributed by atoms with E-state index in [0.717, 1.165) is 26.4 Å². The topological polar surface area (TPSA) is 46.2 Å². The van der Waals surface area contributed by atoms with Gasteiger partial charge in [-0.15, -0.1) is 0 Å². The lowest BCUT2D eigenvalue weighted by molar-refractivity contribution is 0.399. The van der Waals surface area contributed by atoms with E-state index in [2.05, 4.69) is 118 Å². The van der Waals surface area contributed by atoms with E-state index in [4.69, 9.17) is 5.11 Å². The monoisotopic (exact) mass is 523 g/mol. The summed E-state index contributed by atoms with van der Waals surface area (Å²) in [5.41, 5.74) is 11.5. The van der Waals surface area contributed by atoms with Crippen molar-refractivity contribution in [1.29, 1.82) is 0 Å². The zero-order valence-corrected chi connectivity index (χ0v) is 24.6. The lowest BCUT2D eigenvalue weighted by atomic mass is 9.86. The molecule has 0 heterocycles. The van der Waals surface area contributed by atoms with Crippen LogP contribution in [0.4, 0.5) is 0 Å². The summed E-state index contributed by atoms with van der Waals surface area (Å²) in [6.45, 7) is 10.1. The number of aryl methyl sites for hydroxylation is 2. The number of hydrogen-bond acceptors (Lipinski definition) is 2. The number of hydrogen-bond donors (Lipinski definition) is 2. The van der Waals surface area contributed by atoms with E-state index in [0.29, 0.717) is 5.92 Å². The maximum atomic E-state index is 7.00. The zero-order valence-electron chi connectivity index (χ0n) is 24.6. The van der Waals surface area contributed by atoms with Crippen molar-refractivity contribution in [3.8, 4) is 0 Å². The molecule has 0 unspecified atom stereocenters. The van der Waals surface area contributed by atoms with Crippen molar-refractivity contribution >= 4 is 0 Å². The van der Waals surface area contributed by atoms with E-state index >= 15 is 0 Å². The molecule has 0 radical (unpaired) electrons. The highest BCUT2D eigenvalue weighted by Gasteiger charge is 2.15. The van der Waals surface area contributed by atoms with Gasteiger partial charge < -0.3 is 10.8 Å². The maximum Gasteiger partial charge on any atom is 0.0319 e. The quantitative estimate of drug-likeness (QED) is 0.328. The molecule has 0 bridgehead atoms. The number of benzene rings is 3. The Morgan fingerprint density at radius 1 is 0.795 bits per heavy atom. The SMILES string of the molecule is C=C/C=C\C=C(/Cc1ccccc1)[C@@H]1CC=CC=C(C)C1.CN.CO.Cc1ccccc1.Cc1ccccc1. The van der Waals surface area contributed by atoms with Gasteiger partial charge in [0.2, 0.25) is 0 Å². The number of allylic oxidation sites excluding steroid dienone is 9. The fourth-order valence-corrected chi connectivity index (χ4v) is 3.80. The highest BCUT2D eigenvalue weighted by molar-refractivity contribution is 5.29. The first kappa shape index (κ1) is 35.3. The third-order valence-corrected chi connectivity index (χ3v) is 5.72. The molecule has 1 aliphatic rings. The molecule has 1 aliphatic carbocycles. The van der Waals surface area contributed by atoms with E-state index in [1.165, 1.54) is 34.9 Å². The Balaban J connectivity index is 0.000000651. The highest BCUT2D eigenvalue weighted by atomic mass is 16.2. The molecule has 3 aromatic rings. The van der Waals surface area contributed by atoms with Gasteiger partial charge in [-0.25, -0.2) is 0 Å². The average Bonchev–Trinajstić information content (AvgIpc) is 3.21. The van der Waals surface area contributed by atoms with Crippen molar-refractivity contribution in [2.45, 2.75) is 40.0 Å². The summed E-state index contributed by atoms with van der Waals surface area (Å²) < 4.78 is 0. The first-order valence-corrected chi connectivity index (χ1v) is 13.5. The van der Waals surface area contributed by atoms with E-state index in [9.17, 15) is 0 Å². The summed E-state index contributed by atoms with van der Waals surface area (Å²) in [7, 11) is 2.50. The molecule has 1 atom stereocenters. The summed E-state index contributed by atoms with van der Waals surface area (Å²) in [6, 6.07) is 31.2. The van der Waals surface area contributed by atoms with Crippen LogP contribution in [-0.2, 0) is 6.42 Å². The lowest BCUT2D eigenvalue weighted by Gasteiger charge is -2.19. The Hall–Kier alpha value is -3.72. The summed E-state index contributed by atoms with van der Waals surface area (Å²) in [6.07, 6.45) is 18.2. The summed E-state index contributed by atoms with van der Waals surface area (Å²) in [5.74, 6) is 0.592. The van der Waals surface area contributed by atoms with Crippen LogP contribution in [0.3, 0.4) is 0 Å². The molecule has 0 amide bonds. The van der Waals surface area contributed by atoms with Gasteiger partial charge in [0.05, 0.1) is 0 Å². The molecule has 0 saturated heterocycles. The van der Waals surface area contributed by atoms with Crippen LogP contribution in [-0.4, -0.2) is 19.3 Å². The minimum absolute atomic E-state index is 0.592. The Labute approximate surface area is 238 Å². The molecule has 39 heavy (non-hydrogen) atoms. The van der Waals surface area contributed by atoms with Crippen molar-refractivity contribution in [2.75, 3.05) is 14.2 Å². The molecule has 3 aromatic carbocycles. The third-order valence-electron chi connectivity index (χ3n) is 5.72. The summed E-state index contributed by atoms with van der Waals surface area (Å²) in [5, 5.41) is 7.00. The van der Waals surface area contributed by atoms with Crippen LogP contribution in [0.15, 0.2) is 151 Å². The van der Waals surface area contributed by atoms with Crippen molar-refractivity contribution in [2.24, 2.45) is 11.7 Å². The van der Waals surface area contributed by atoms with Crippen LogP contribution < -0.4 is 5.73 Å². The minimum atomic E-state index is 0.592. The molecule has 3 N–H and O–H groups in total. The average molecular weight is 524 g/mol. The van der Waals surface area contributed by atoms with E-state index in [1.54, 1.807) is 0 Å². The van der Waals surface area contributed by atoms with E-state index < -0.39 is 0 Å². The number of aliphatic hydroxyl groups is 1. The first-order valence-electron chi connectivity index (χ1n) is 13.5. The van der Waals surface area contributed by atoms with E-state index in [1.807, 2.05) is 48.6 Å². The number of nitrogens with two attached hydrogens (primary N) is 1. The van der Waals surface area contributed by atoms with Crippen LogP contribution in [0.25, 0.3) is 0 Å². The predicted octanol–water partition coefficient (Wildman–Crippen LogP) is 8.98. The standard InChI is InChI=1S/C21H24.2C7H8.CH5N.CH4O/c1-3-4-6-14-21(17-19-12-7-5-8-13-19)20-15-10-9-11-18(2)16-20;2*1-7-5-3-2-4-6-7;2*1-2/h3-14,20H,1,15-17H2,2H3;2*2-6H,1H3;2H2,1H3;2H,1H3/b6-4-,21-14+;;;;/t20-;;;;/m1..../s1. The van der Waals surface area contributed by atoms with Gasteiger partial charge in [-0.3, -0.25) is 0 Å². The second-order valence-corrected chi connectivity index (χ2v) is 8.91. The second-order valence-electron chi connectivity index (χ2n) is 8.91. The fourth-order valence-electron chi connectivity index (χ4n) is 3.80. The van der Waals surface area contributed by atoms with Gasteiger partial charge in [-0.05, 0) is 58.6 Å². The van der Waals surface area contributed by atoms with Crippen molar-refractivity contribution < 1.29 is 5.11 Å². The molecule has 4 rings (SSSR count). The molecular weight excluding hydrogens is 474 g/mol. The normalized spacial score (nSPS) is 13.9. The van der Waals surface area contributed by atoms with Crippen LogP contribution in [0.1, 0.15) is 36.5 Å². The van der Waals surface area contributed by atoms with Crippen LogP contribution in [0.2, 0.25) is 0 Å². The third kappa shape index (κ3) is 18.2. The van der Waals surface area contributed by atoms with Gasteiger partial charge >= 0.3 is 0 Å². The molecule has 0 saturated carbocycles. The van der Waals surface area contributed by atoms with Gasteiger partial charge in [0.25, 0.3) is 0 Å². The number of aliphatic hydroxyl groups excluding tert-OH is 1. The van der Waals surface area contributed by atoms with Gasteiger partial charge in [-0.1, -0.05) is 162 Å². The lowest BCUT2D eigenvalue weighted by Crippen LogP contribution is -2.06. The van der Waals surface area contributed by atoms with Gasteiger partial charge in [-0.2, -0.15) is 0 Å². The minimum Gasteiger partial charge on any atom is -0.400 e. The van der Waals surface area contributed by atoms with Crippen molar-refractivity contribution in [1.82, 2.24) is 0 Å². The molecule has 0 fully saturated rings. The zero-order chi connectivity index (χ0) is 29.1.